The Bertz CT molecular complexity index is 1330. The minimum Gasteiger partial charge on any atom is -0.424 e. The lowest BCUT2D eigenvalue weighted by Crippen LogP contribution is -2.56. The molecule has 2 saturated carbocycles. The quantitative estimate of drug-likeness (QED) is 0.394. The number of piperidine rings is 1. The van der Waals surface area contributed by atoms with Crippen molar-refractivity contribution >= 4 is 17.7 Å². The summed E-state index contributed by atoms with van der Waals surface area (Å²) < 4.78 is 45.0. The van der Waals surface area contributed by atoms with E-state index in [2.05, 4.69) is 25.5 Å². The maximum Gasteiger partial charge on any atom is 0.417 e. The Labute approximate surface area is 224 Å². The van der Waals surface area contributed by atoms with Gasteiger partial charge in [-0.1, -0.05) is 25.0 Å². The van der Waals surface area contributed by atoms with Gasteiger partial charge in [-0.05, 0) is 55.9 Å². The van der Waals surface area contributed by atoms with E-state index in [-0.39, 0.29) is 24.2 Å². The zero-order chi connectivity index (χ0) is 27.1. The van der Waals surface area contributed by atoms with E-state index in [0.717, 1.165) is 62.9 Å². The van der Waals surface area contributed by atoms with Gasteiger partial charge in [-0.2, -0.15) is 13.2 Å². The van der Waals surface area contributed by atoms with Crippen molar-refractivity contribution in [2.75, 3.05) is 16.8 Å². The number of primary amides is 1. The van der Waals surface area contributed by atoms with Gasteiger partial charge in [0.05, 0.1) is 11.8 Å². The molecule has 3 aromatic rings. The largest absolute Gasteiger partial charge is 0.424 e. The van der Waals surface area contributed by atoms with Crippen molar-refractivity contribution in [2.24, 2.45) is 11.7 Å². The first-order valence-corrected chi connectivity index (χ1v) is 13.4. The van der Waals surface area contributed by atoms with Crippen molar-refractivity contribution in [3.63, 3.8) is 0 Å². The molecule has 1 saturated heterocycles. The van der Waals surface area contributed by atoms with E-state index in [9.17, 15) is 18.0 Å². The summed E-state index contributed by atoms with van der Waals surface area (Å²) in [5.41, 5.74) is 5.81. The normalized spacial score (nSPS) is 26.6. The van der Waals surface area contributed by atoms with Gasteiger partial charge in [0.2, 0.25) is 5.91 Å². The minimum atomic E-state index is -4.39. The topological polar surface area (TPSA) is 109 Å². The monoisotopic (exact) mass is 540 g/mol. The van der Waals surface area contributed by atoms with Crippen LogP contribution in [0, 0.1) is 5.92 Å². The second-order valence-electron chi connectivity index (χ2n) is 10.8. The molecule has 1 aromatic carbocycles. The lowest BCUT2D eigenvalue weighted by Gasteiger charge is -2.40. The maximum atomic E-state index is 13.0. The predicted molar refractivity (Wildman–Crippen MR) is 140 cm³/mol. The maximum absolute atomic E-state index is 13.0. The number of aromatic nitrogens is 2. The number of nitrogens with two attached hydrogens (primary N) is 1. The second kappa shape index (κ2) is 10.2. The van der Waals surface area contributed by atoms with E-state index in [1.807, 2.05) is 6.07 Å². The second-order valence-corrected chi connectivity index (χ2v) is 10.8. The summed E-state index contributed by atoms with van der Waals surface area (Å²) >= 11 is 0. The number of carbonyl (C=O) groups excluding carboxylic acids is 1. The van der Waals surface area contributed by atoms with Gasteiger partial charge in [0, 0.05) is 48.0 Å². The van der Waals surface area contributed by atoms with E-state index in [4.69, 9.17) is 10.2 Å². The van der Waals surface area contributed by atoms with Crippen LogP contribution in [0.3, 0.4) is 0 Å². The fraction of sp³-hybridized carbons (Fsp3) is 0.464. The summed E-state index contributed by atoms with van der Waals surface area (Å²) in [5.74, 6) is 1.15. The van der Waals surface area contributed by atoms with Gasteiger partial charge < -0.3 is 25.7 Å². The van der Waals surface area contributed by atoms with Gasteiger partial charge in [-0.3, -0.25) is 4.79 Å². The molecule has 0 radical (unpaired) electrons. The van der Waals surface area contributed by atoms with Gasteiger partial charge in [-0.15, -0.1) is 0 Å². The number of benzene rings is 1. The number of amides is 1. The van der Waals surface area contributed by atoms with Gasteiger partial charge >= 0.3 is 6.18 Å². The molecule has 0 spiro atoms. The number of hydrogen-bond acceptors (Lipinski definition) is 7. The van der Waals surface area contributed by atoms with Crippen molar-refractivity contribution in [2.45, 2.75) is 68.9 Å². The number of nitrogens with one attached hydrogen (secondary N) is 2. The molecule has 2 aromatic heterocycles. The molecule has 39 heavy (non-hydrogen) atoms. The molecule has 0 unspecified atom stereocenters. The van der Waals surface area contributed by atoms with Gasteiger partial charge in [0.1, 0.15) is 5.82 Å². The Kier molecular flexibility index (Phi) is 6.70. The zero-order valence-corrected chi connectivity index (χ0v) is 21.3. The number of rotatable bonds is 7. The summed E-state index contributed by atoms with van der Waals surface area (Å²) in [4.78, 5) is 22.3. The van der Waals surface area contributed by atoms with E-state index >= 15 is 0 Å². The van der Waals surface area contributed by atoms with Crippen LogP contribution in [0.15, 0.2) is 53.2 Å². The number of anilines is 2. The molecule has 1 amide bonds. The van der Waals surface area contributed by atoms with Crippen LogP contribution in [0.2, 0.25) is 0 Å². The van der Waals surface area contributed by atoms with Crippen LogP contribution in [0.1, 0.15) is 54.4 Å². The number of halogens is 3. The third-order valence-electron chi connectivity index (χ3n) is 8.29. The number of oxazole rings is 1. The zero-order valence-electron chi connectivity index (χ0n) is 21.3. The molecule has 2 bridgehead atoms. The van der Waals surface area contributed by atoms with Crippen LogP contribution in [-0.2, 0) is 6.18 Å². The van der Waals surface area contributed by atoms with E-state index in [1.165, 1.54) is 6.07 Å². The van der Waals surface area contributed by atoms with Crippen molar-refractivity contribution < 1.29 is 22.4 Å². The highest BCUT2D eigenvalue weighted by Crippen LogP contribution is 2.41. The van der Waals surface area contributed by atoms with Crippen LogP contribution < -0.4 is 21.3 Å². The summed E-state index contributed by atoms with van der Waals surface area (Å²) in [6.07, 6.45) is 4.44. The summed E-state index contributed by atoms with van der Waals surface area (Å²) in [6, 6.07) is 10.7. The number of hydrogen-bond donors (Lipinski definition) is 3. The van der Waals surface area contributed by atoms with Gasteiger partial charge in [0.15, 0.2) is 5.76 Å². The molecule has 6 rings (SSSR count). The highest BCUT2D eigenvalue weighted by molar-refractivity contribution is 5.93. The number of carbonyl (C=O) groups is 1. The molecule has 2 aliphatic carbocycles. The highest BCUT2D eigenvalue weighted by Gasteiger charge is 2.46. The Hall–Kier alpha value is -3.60. The third kappa shape index (κ3) is 5.32. The Morgan fingerprint density at radius 3 is 2.56 bits per heavy atom. The van der Waals surface area contributed by atoms with Crippen LogP contribution in [0.5, 0.6) is 0 Å². The average molecular weight is 541 g/mol. The average Bonchev–Trinajstić information content (AvgIpc) is 3.66. The van der Waals surface area contributed by atoms with Crippen LogP contribution >= 0.6 is 0 Å². The van der Waals surface area contributed by atoms with E-state index in [0.29, 0.717) is 29.1 Å². The van der Waals surface area contributed by atoms with E-state index < -0.39 is 17.6 Å². The summed E-state index contributed by atoms with van der Waals surface area (Å²) in [7, 11) is 0. The van der Waals surface area contributed by atoms with Crippen molar-refractivity contribution in [3.8, 4) is 11.3 Å². The molecule has 4 N–H and O–H groups in total. The first kappa shape index (κ1) is 25.7. The number of alkyl halides is 3. The number of fused-ring (bicyclic) bond motifs is 2. The molecule has 3 fully saturated rings. The van der Waals surface area contributed by atoms with Gasteiger partial charge in [-0.25, -0.2) is 9.97 Å². The molecule has 8 nitrogen and oxygen atoms in total. The van der Waals surface area contributed by atoms with Crippen molar-refractivity contribution in [3.05, 3.63) is 59.9 Å². The van der Waals surface area contributed by atoms with Gasteiger partial charge in [0.25, 0.3) is 6.01 Å². The molecular formula is C28H31F3N6O2. The third-order valence-corrected chi connectivity index (χ3v) is 8.29. The minimum absolute atomic E-state index is 0.124. The Morgan fingerprint density at radius 2 is 1.85 bits per heavy atom. The fourth-order valence-electron chi connectivity index (χ4n) is 6.43. The standard InChI is InChI=1S/C28H31F3N6O2/c29-28(30,31)19-8-9-25(33-13-19)37-15-16-10-22(23(37)11-16)35-20-6-1-2-7-21(20)36-27-34-14-24(39-27)17-4-3-5-18(12-17)26(32)38/h3-5,8-9,12-14,16,20-23,35H,1-2,6-7,10-11,15H2,(H2,32,38)(H,34,36)/t16-,20-,21-,22+,23-/m1/s1. The van der Waals surface area contributed by atoms with Crippen LogP contribution in [0.25, 0.3) is 11.3 Å². The van der Waals surface area contributed by atoms with Crippen LogP contribution in [-0.4, -0.2) is 46.6 Å². The van der Waals surface area contributed by atoms with E-state index in [1.54, 1.807) is 24.4 Å². The molecule has 11 heteroatoms. The molecule has 3 heterocycles. The smallest absolute Gasteiger partial charge is 0.417 e. The highest BCUT2D eigenvalue weighted by atomic mass is 19.4. The Balaban J connectivity index is 1.12. The van der Waals surface area contributed by atoms with Crippen molar-refractivity contribution in [1.82, 2.24) is 15.3 Å². The molecule has 5 atom stereocenters. The SMILES string of the molecule is NC(=O)c1cccc(-c2cnc(N[C@@H]3CCCC[C@H]3N[C@H]3C[C@@H]4C[C@H]3N(c3ccc(C(F)(F)F)cn3)C4)o2)c1. The first-order chi connectivity index (χ1) is 18.7. The molecule has 206 valence electrons. The lowest BCUT2D eigenvalue weighted by molar-refractivity contribution is -0.137. The first-order valence-electron chi connectivity index (χ1n) is 13.4. The molecule has 3 aliphatic rings. The summed E-state index contributed by atoms with van der Waals surface area (Å²) in [5, 5.41) is 7.36. The summed E-state index contributed by atoms with van der Waals surface area (Å²) in [6.45, 7) is 0.823. The lowest BCUT2D eigenvalue weighted by atomic mass is 9.89. The van der Waals surface area contributed by atoms with Crippen LogP contribution in [0.4, 0.5) is 25.0 Å². The number of pyridine rings is 1. The molecular weight excluding hydrogens is 509 g/mol. The Morgan fingerprint density at radius 1 is 1.03 bits per heavy atom. The molecule has 1 aliphatic heterocycles. The number of nitrogens with zero attached hydrogens (tertiary/aromatic N) is 3. The van der Waals surface area contributed by atoms with Crippen molar-refractivity contribution in [1.29, 1.82) is 0 Å². The predicted octanol–water partition coefficient (Wildman–Crippen LogP) is 4.83. The fourth-order valence-corrected chi connectivity index (χ4v) is 6.43.